The molecule has 2 aromatic rings. The Morgan fingerprint density at radius 3 is 2.64 bits per heavy atom. The molecule has 11 heteroatoms. The number of carbonyl (C=O) groups is 2. The molecule has 4 N–H and O–H groups in total. The number of nitrogens with one attached hydrogen (secondary N) is 2. The molecule has 0 saturated heterocycles. The molecule has 1 amide bonds. The zero-order valence-corrected chi connectivity index (χ0v) is 15.6. The first-order valence-corrected chi connectivity index (χ1v) is 9.14. The Labute approximate surface area is 162 Å². The van der Waals surface area contributed by atoms with Crippen LogP contribution in [0.5, 0.6) is 0 Å². The SMILES string of the molecule is CCCC[C@H](Sc1nc(N)c(NC(=O)c2ccc(F)c(F)c2)c(=O)[nH]1)C(=O)[O-]. The van der Waals surface area contributed by atoms with Gasteiger partial charge in [-0.25, -0.2) is 13.8 Å². The van der Waals surface area contributed by atoms with Gasteiger partial charge in [0, 0.05) is 5.56 Å². The summed E-state index contributed by atoms with van der Waals surface area (Å²) in [4.78, 5) is 41.8. The van der Waals surface area contributed by atoms with E-state index in [1.54, 1.807) is 0 Å². The number of aromatic nitrogens is 2. The summed E-state index contributed by atoms with van der Waals surface area (Å²) in [5.41, 5.74) is 4.26. The number of carbonyl (C=O) groups excluding carboxylic acids is 2. The fraction of sp³-hybridized carbons (Fsp3) is 0.294. The van der Waals surface area contributed by atoms with Crippen LogP contribution in [0.2, 0.25) is 0 Å². The molecule has 0 fully saturated rings. The molecule has 0 saturated carbocycles. The standard InChI is InChI=1S/C17H18F2N4O4S/c1-2-3-4-11(16(26)27)28-17-22-13(20)12(15(25)23-17)21-14(24)8-5-6-9(18)10(19)7-8/h5-7,11H,2-4H2,1H3,(H,21,24)(H,26,27)(H3,20,22,23,25)/p-1/t11-/m0/s1. The molecular weight excluding hydrogens is 394 g/mol. The van der Waals surface area contributed by atoms with Crippen molar-refractivity contribution >= 4 is 35.1 Å². The first kappa shape index (κ1) is 21.4. The molecule has 150 valence electrons. The third-order valence-corrected chi connectivity index (χ3v) is 4.81. The number of rotatable bonds is 8. The summed E-state index contributed by atoms with van der Waals surface area (Å²) >= 11 is 0.780. The van der Waals surface area contributed by atoms with Gasteiger partial charge in [-0.15, -0.1) is 0 Å². The van der Waals surface area contributed by atoms with Crippen molar-refractivity contribution in [2.45, 2.75) is 36.6 Å². The second kappa shape index (κ2) is 9.31. The zero-order valence-electron chi connectivity index (χ0n) is 14.8. The molecule has 1 aromatic heterocycles. The summed E-state index contributed by atoms with van der Waals surface area (Å²) in [6.45, 7) is 1.90. The number of carboxylic acids is 1. The molecule has 28 heavy (non-hydrogen) atoms. The third-order valence-electron chi connectivity index (χ3n) is 3.68. The minimum absolute atomic E-state index is 0.0429. The number of amides is 1. The lowest BCUT2D eigenvalue weighted by atomic mass is 10.2. The van der Waals surface area contributed by atoms with E-state index in [9.17, 15) is 28.3 Å². The average molecular weight is 411 g/mol. The van der Waals surface area contributed by atoms with Crippen molar-refractivity contribution in [3.63, 3.8) is 0 Å². The first-order chi connectivity index (χ1) is 13.2. The van der Waals surface area contributed by atoms with Crippen LogP contribution in [0.15, 0.2) is 28.2 Å². The second-order valence-electron chi connectivity index (χ2n) is 5.78. The van der Waals surface area contributed by atoms with Crippen LogP contribution in [0.1, 0.15) is 36.5 Å². The van der Waals surface area contributed by atoms with Gasteiger partial charge < -0.3 is 21.0 Å². The maximum absolute atomic E-state index is 13.2. The van der Waals surface area contributed by atoms with E-state index in [2.05, 4.69) is 15.3 Å². The quantitative estimate of drug-likeness (QED) is 0.439. The number of nitrogens with two attached hydrogens (primary N) is 1. The van der Waals surface area contributed by atoms with Crippen LogP contribution in [0.25, 0.3) is 0 Å². The van der Waals surface area contributed by atoms with Crippen molar-refractivity contribution in [1.82, 2.24) is 9.97 Å². The van der Waals surface area contributed by atoms with Gasteiger partial charge in [-0.3, -0.25) is 14.6 Å². The maximum atomic E-state index is 13.2. The lowest BCUT2D eigenvalue weighted by molar-refractivity contribution is -0.304. The van der Waals surface area contributed by atoms with Gasteiger partial charge >= 0.3 is 0 Å². The molecule has 0 spiro atoms. The van der Waals surface area contributed by atoms with Gasteiger partial charge in [-0.05, 0) is 24.6 Å². The van der Waals surface area contributed by atoms with Gasteiger partial charge in [0.05, 0.1) is 11.2 Å². The Morgan fingerprint density at radius 2 is 2.07 bits per heavy atom. The molecule has 0 radical (unpaired) electrons. The first-order valence-electron chi connectivity index (χ1n) is 8.26. The molecule has 0 bridgehead atoms. The molecule has 0 aliphatic rings. The fourth-order valence-electron chi connectivity index (χ4n) is 2.22. The number of hydrogen-bond acceptors (Lipinski definition) is 7. The van der Waals surface area contributed by atoms with Crippen LogP contribution < -0.4 is 21.7 Å². The van der Waals surface area contributed by atoms with Crippen molar-refractivity contribution in [3.05, 3.63) is 45.8 Å². The molecular formula is C17H17F2N4O4S-. The van der Waals surface area contributed by atoms with Gasteiger partial charge in [-0.1, -0.05) is 31.5 Å². The number of nitrogens with zero attached hydrogens (tertiary/aromatic N) is 1. The van der Waals surface area contributed by atoms with Crippen molar-refractivity contribution in [1.29, 1.82) is 0 Å². The third kappa shape index (κ3) is 5.28. The summed E-state index contributed by atoms with van der Waals surface area (Å²) in [5, 5.41) is 12.4. The minimum atomic E-state index is -1.30. The molecule has 2 rings (SSSR count). The minimum Gasteiger partial charge on any atom is -0.549 e. The average Bonchev–Trinajstić information content (AvgIpc) is 2.63. The number of aromatic amines is 1. The van der Waals surface area contributed by atoms with Gasteiger partial charge in [-0.2, -0.15) is 0 Å². The molecule has 1 aromatic carbocycles. The number of nitrogen functional groups attached to an aromatic ring is 1. The van der Waals surface area contributed by atoms with E-state index in [1.807, 2.05) is 6.92 Å². The lowest BCUT2D eigenvalue weighted by Crippen LogP contribution is -2.34. The topological polar surface area (TPSA) is 141 Å². The normalized spacial score (nSPS) is 11.8. The number of unbranched alkanes of at least 4 members (excludes halogenated alkanes) is 1. The Kier molecular flexibility index (Phi) is 7.10. The summed E-state index contributed by atoms with van der Waals surface area (Å²) in [6, 6.07) is 2.48. The second-order valence-corrected chi connectivity index (χ2v) is 6.97. The maximum Gasteiger partial charge on any atom is 0.277 e. The van der Waals surface area contributed by atoms with E-state index in [0.29, 0.717) is 18.9 Å². The van der Waals surface area contributed by atoms with Gasteiger partial charge in [0.15, 0.2) is 22.6 Å². The number of hydrogen-bond donors (Lipinski definition) is 3. The Bertz CT molecular complexity index is 951. The van der Waals surface area contributed by atoms with Crippen LogP contribution in [0.4, 0.5) is 20.3 Å². The Balaban J connectivity index is 2.21. The lowest BCUT2D eigenvalue weighted by Gasteiger charge is -2.17. The summed E-state index contributed by atoms with van der Waals surface area (Å²) in [5.74, 6) is -4.89. The monoisotopic (exact) mass is 411 g/mol. The largest absolute Gasteiger partial charge is 0.549 e. The molecule has 8 nitrogen and oxygen atoms in total. The van der Waals surface area contributed by atoms with E-state index < -0.39 is 40.0 Å². The van der Waals surface area contributed by atoms with E-state index in [4.69, 9.17) is 5.73 Å². The van der Waals surface area contributed by atoms with Crippen molar-refractivity contribution in [3.8, 4) is 0 Å². The van der Waals surface area contributed by atoms with Gasteiger partial charge in [0.1, 0.15) is 5.69 Å². The molecule has 1 heterocycles. The highest BCUT2D eigenvalue weighted by molar-refractivity contribution is 8.00. The Morgan fingerprint density at radius 1 is 1.36 bits per heavy atom. The van der Waals surface area contributed by atoms with E-state index in [1.165, 1.54) is 0 Å². The number of H-pyrrole nitrogens is 1. The number of benzene rings is 1. The number of halogens is 2. The van der Waals surface area contributed by atoms with E-state index in [0.717, 1.165) is 30.3 Å². The molecule has 1 atom stereocenters. The number of anilines is 2. The van der Waals surface area contributed by atoms with Crippen LogP contribution >= 0.6 is 11.8 Å². The summed E-state index contributed by atoms with van der Waals surface area (Å²) in [7, 11) is 0. The predicted octanol–water partition coefficient (Wildman–Crippen LogP) is 1.28. The smallest absolute Gasteiger partial charge is 0.277 e. The van der Waals surface area contributed by atoms with Crippen LogP contribution in [0, 0.1) is 11.6 Å². The number of carboxylic acid groups (broad SMARTS) is 1. The van der Waals surface area contributed by atoms with Crippen molar-refractivity contribution in [2.75, 3.05) is 11.1 Å². The van der Waals surface area contributed by atoms with Crippen LogP contribution in [-0.2, 0) is 4.79 Å². The van der Waals surface area contributed by atoms with Gasteiger partial charge in [0.25, 0.3) is 11.5 Å². The number of aliphatic carboxylic acids is 1. The van der Waals surface area contributed by atoms with E-state index >= 15 is 0 Å². The fourth-order valence-corrected chi connectivity index (χ4v) is 3.17. The zero-order chi connectivity index (χ0) is 20.8. The highest BCUT2D eigenvalue weighted by Crippen LogP contribution is 2.25. The molecule has 0 unspecified atom stereocenters. The summed E-state index contributed by atoms with van der Waals surface area (Å²) in [6.07, 6.45) is 1.75. The molecule has 0 aliphatic carbocycles. The highest BCUT2D eigenvalue weighted by Gasteiger charge is 2.18. The van der Waals surface area contributed by atoms with Gasteiger partial charge in [0.2, 0.25) is 0 Å². The number of thioether (sulfide) groups is 1. The summed E-state index contributed by atoms with van der Waals surface area (Å²) < 4.78 is 26.2. The van der Waals surface area contributed by atoms with E-state index in [-0.39, 0.29) is 16.5 Å². The van der Waals surface area contributed by atoms with Crippen molar-refractivity contribution < 1.29 is 23.5 Å². The highest BCUT2D eigenvalue weighted by atomic mass is 32.2. The van der Waals surface area contributed by atoms with Crippen LogP contribution in [0.3, 0.4) is 0 Å². The Hall–Kier alpha value is -2.95. The predicted molar refractivity (Wildman–Crippen MR) is 97.8 cm³/mol. The van der Waals surface area contributed by atoms with Crippen LogP contribution in [-0.4, -0.2) is 27.1 Å². The van der Waals surface area contributed by atoms with Crippen molar-refractivity contribution in [2.24, 2.45) is 0 Å². The molecule has 0 aliphatic heterocycles.